The summed E-state index contributed by atoms with van der Waals surface area (Å²) in [4.78, 5) is 4.11. The van der Waals surface area contributed by atoms with Gasteiger partial charge in [-0.2, -0.15) is 0 Å². The van der Waals surface area contributed by atoms with Gasteiger partial charge in [-0.1, -0.05) is 6.07 Å². The average Bonchev–Trinajstić information content (AvgIpc) is 2.86. The fourth-order valence-electron chi connectivity index (χ4n) is 2.07. The number of anilines is 2. The fraction of sp³-hybridized carbons (Fsp3) is 0.154. The number of rotatable bonds is 3. The second-order valence-electron chi connectivity index (χ2n) is 4.34. The van der Waals surface area contributed by atoms with E-state index in [0.29, 0.717) is 5.69 Å². The Morgan fingerprint density at radius 2 is 1.95 bits per heavy atom. The minimum atomic E-state index is -3.55. The van der Waals surface area contributed by atoms with Crippen molar-refractivity contribution >= 4 is 21.4 Å². The zero-order valence-corrected chi connectivity index (χ0v) is 10.9. The maximum absolute atomic E-state index is 12.2. The second-order valence-corrected chi connectivity index (χ2v) is 6.02. The van der Waals surface area contributed by atoms with Crippen LogP contribution in [0.3, 0.4) is 0 Å². The predicted molar refractivity (Wildman–Crippen MR) is 73.7 cm³/mol. The minimum absolute atomic E-state index is 0.262. The Bertz CT molecular complexity index is 699. The Hall–Kier alpha value is -2.08. The van der Waals surface area contributed by atoms with Gasteiger partial charge in [0.1, 0.15) is 0 Å². The summed E-state index contributed by atoms with van der Waals surface area (Å²) in [5.41, 5.74) is 2.56. The molecule has 0 amide bonds. The molecule has 6 heteroatoms. The highest BCUT2D eigenvalue weighted by molar-refractivity contribution is 7.92. The van der Waals surface area contributed by atoms with Crippen molar-refractivity contribution in [1.82, 2.24) is 4.98 Å². The number of benzene rings is 1. The van der Waals surface area contributed by atoms with Gasteiger partial charge in [-0.3, -0.25) is 9.71 Å². The molecule has 0 atom stereocenters. The molecule has 0 bridgehead atoms. The van der Waals surface area contributed by atoms with Crippen LogP contribution in [0, 0.1) is 0 Å². The molecule has 1 aliphatic heterocycles. The maximum atomic E-state index is 12.2. The quantitative estimate of drug-likeness (QED) is 0.896. The van der Waals surface area contributed by atoms with E-state index in [4.69, 9.17) is 0 Å². The highest BCUT2D eigenvalue weighted by atomic mass is 32.2. The van der Waals surface area contributed by atoms with Gasteiger partial charge in [0.15, 0.2) is 0 Å². The molecule has 0 spiro atoms. The Balaban J connectivity index is 1.92. The fourth-order valence-corrected chi connectivity index (χ4v) is 3.16. The van der Waals surface area contributed by atoms with E-state index in [1.54, 1.807) is 36.7 Å². The van der Waals surface area contributed by atoms with Crippen LogP contribution in [0.2, 0.25) is 0 Å². The van der Waals surface area contributed by atoms with Crippen molar-refractivity contribution in [2.24, 2.45) is 0 Å². The number of nitrogens with zero attached hydrogens (tertiary/aromatic N) is 1. The number of aromatic nitrogens is 1. The van der Waals surface area contributed by atoms with Crippen molar-refractivity contribution in [3.05, 3.63) is 48.3 Å². The average molecular weight is 275 g/mol. The van der Waals surface area contributed by atoms with Crippen LogP contribution in [0.4, 0.5) is 11.4 Å². The molecular weight excluding hydrogens is 262 g/mol. The second kappa shape index (κ2) is 4.55. The zero-order valence-electron chi connectivity index (χ0n) is 10.1. The number of fused-ring (bicyclic) bond motifs is 1. The summed E-state index contributed by atoms with van der Waals surface area (Å²) in [6, 6.07) is 8.39. The Morgan fingerprint density at radius 3 is 2.74 bits per heavy atom. The number of pyridine rings is 1. The summed E-state index contributed by atoms with van der Waals surface area (Å²) in [5, 5.41) is 3.17. The summed E-state index contributed by atoms with van der Waals surface area (Å²) < 4.78 is 27.0. The lowest BCUT2D eigenvalue weighted by molar-refractivity contribution is 0.601. The van der Waals surface area contributed by atoms with Gasteiger partial charge in [0.25, 0.3) is 10.0 Å². The highest BCUT2D eigenvalue weighted by Gasteiger charge is 2.18. The van der Waals surface area contributed by atoms with Crippen molar-refractivity contribution < 1.29 is 8.42 Å². The van der Waals surface area contributed by atoms with Gasteiger partial charge >= 0.3 is 0 Å². The molecule has 2 aromatic rings. The molecular formula is C13H13N3O2S. The third-order valence-electron chi connectivity index (χ3n) is 3.03. The van der Waals surface area contributed by atoms with E-state index in [1.807, 2.05) is 6.07 Å². The van der Waals surface area contributed by atoms with Gasteiger partial charge in [0, 0.05) is 24.6 Å². The van der Waals surface area contributed by atoms with Crippen molar-refractivity contribution in [3.63, 3.8) is 0 Å². The summed E-state index contributed by atoms with van der Waals surface area (Å²) >= 11 is 0. The molecule has 0 saturated heterocycles. The molecule has 2 N–H and O–H groups in total. The van der Waals surface area contributed by atoms with E-state index in [0.717, 1.165) is 24.2 Å². The first-order valence-electron chi connectivity index (χ1n) is 5.95. The van der Waals surface area contributed by atoms with Crippen LogP contribution in [-0.2, 0) is 16.4 Å². The third kappa shape index (κ3) is 2.39. The SMILES string of the molecule is O=S(=O)(Nc1ccncc1)c1ccc2c(c1)NCC2. The van der Waals surface area contributed by atoms with Crippen LogP contribution in [-0.4, -0.2) is 19.9 Å². The maximum Gasteiger partial charge on any atom is 0.261 e. The van der Waals surface area contributed by atoms with E-state index in [9.17, 15) is 8.42 Å². The minimum Gasteiger partial charge on any atom is -0.384 e. The molecule has 0 radical (unpaired) electrons. The molecule has 0 aliphatic carbocycles. The van der Waals surface area contributed by atoms with Gasteiger partial charge in [-0.25, -0.2) is 8.42 Å². The summed E-state index contributed by atoms with van der Waals surface area (Å²) in [6.07, 6.45) is 4.03. The van der Waals surface area contributed by atoms with E-state index in [2.05, 4.69) is 15.0 Å². The molecule has 0 saturated carbocycles. The number of hydrogen-bond donors (Lipinski definition) is 2. The lowest BCUT2D eigenvalue weighted by atomic mass is 10.2. The molecule has 19 heavy (non-hydrogen) atoms. The molecule has 1 aromatic heterocycles. The normalized spacial score (nSPS) is 13.7. The first kappa shape index (κ1) is 12.0. The van der Waals surface area contributed by atoms with E-state index in [-0.39, 0.29) is 4.90 Å². The summed E-state index contributed by atoms with van der Waals surface area (Å²) in [6.45, 7) is 0.858. The van der Waals surface area contributed by atoms with Crippen LogP contribution in [0.1, 0.15) is 5.56 Å². The smallest absolute Gasteiger partial charge is 0.261 e. The Morgan fingerprint density at radius 1 is 1.16 bits per heavy atom. The molecule has 1 aromatic carbocycles. The van der Waals surface area contributed by atoms with Crippen molar-refractivity contribution in [2.75, 3.05) is 16.6 Å². The molecule has 0 unspecified atom stereocenters. The van der Waals surface area contributed by atoms with E-state index in [1.165, 1.54) is 0 Å². The van der Waals surface area contributed by atoms with Crippen LogP contribution in [0.25, 0.3) is 0 Å². The molecule has 1 aliphatic rings. The molecule has 0 fully saturated rings. The highest BCUT2D eigenvalue weighted by Crippen LogP contribution is 2.26. The number of hydrogen-bond acceptors (Lipinski definition) is 4. The molecule has 98 valence electrons. The van der Waals surface area contributed by atoms with Crippen LogP contribution in [0.5, 0.6) is 0 Å². The van der Waals surface area contributed by atoms with E-state index >= 15 is 0 Å². The van der Waals surface area contributed by atoms with Gasteiger partial charge < -0.3 is 5.32 Å². The van der Waals surface area contributed by atoms with E-state index < -0.39 is 10.0 Å². The third-order valence-corrected chi connectivity index (χ3v) is 4.41. The van der Waals surface area contributed by atoms with Crippen molar-refractivity contribution in [1.29, 1.82) is 0 Å². The van der Waals surface area contributed by atoms with Gasteiger partial charge in [0.05, 0.1) is 10.6 Å². The Kier molecular flexibility index (Phi) is 2.87. The molecule has 5 nitrogen and oxygen atoms in total. The van der Waals surface area contributed by atoms with Crippen LogP contribution >= 0.6 is 0 Å². The zero-order chi connectivity index (χ0) is 13.3. The lowest BCUT2D eigenvalue weighted by Gasteiger charge is -2.09. The van der Waals surface area contributed by atoms with Gasteiger partial charge in [-0.15, -0.1) is 0 Å². The standard InChI is InChI=1S/C13H13N3O2S/c17-19(18,16-11-4-6-14-7-5-11)12-2-1-10-3-8-15-13(10)9-12/h1-2,4-7,9,15H,3,8H2,(H,14,16). The summed E-state index contributed by atoms with van der Waals surface area (Å²) in [5.74, 6) is 0. The Labute approximate surface area is 111 Å². The topological polar surface area (TPSA) is 71.1 Å². The number of nitrogens with one attached hydrogen (secondary N) is 2. The predicted octanol–water partition coefficient (Wildman–Crippen LogP) is 1.85. The van der Waals surface area contributed by atoms with Crippen LogP contribution in [0.15, 0.2) is 47.6 Å². The largest absolute Gasteiger partial charge is 0.384 e. The summed E-state index contributed by atoms with van der Waals surface area (Å²) in [7, 11) is -3.55. The lowest BCUT2D eigenvalue weighted by Crippen LogP contribution is -2.13. The molecule has 2 heterocycles. The molecule has 3 rings (SSSR count). The van der Waals surface area contributed by atoms with Gasteiger partial charge in [-0.05, 0) is 36.2 Å². The van der Waals surface area contributed by atoms with Gasteiger partial charge in [0.2, 0.25) is 0 Å². The van der Waals surface area contributed by atoms with Crippen molar-refractivity contribution in [3.8, 4) is 0 Å². The van der Waals surface area contributed by atoms with Crippen LogP contribution < -0.4 is 10.0 Å². The monoisotopic (exact) mass is 275 g/mol. The first-order valence-corrected chi connectivity index (χ1v) is 7.43. The number of sulfonamides is 1. The first-order chi connectivity index (χ1) is 9.15. The van der Waals surface area contributed by atoms with Crippen molar-refractivity contribution in [2.45, 2.75) is 11.3 Å².